The average molecular weight is 216 g/mol. The summed E-state index contributed by atoms with van der Waals surface area (Å²) >= 11 is 0. The minimum Gasteiger partial charge on any atom is -0.0727 e. The lowest BCUT2D eigenvalue weighted by Gasteiger charge is -2.16. The maximum atomic E-state index is 2.44. The highest BCUT2D eigenvalue weighted by Crippen LogP contribution is 2.71. The van der Waals surface area contributed by atoms with Crippen LogP contribution in [0, 0.1) is 0 Å². The molecule has 2 aliphatic rings. The molecule has 4 heteroatoms. The molecule has 1 heterocycles. The molecule has 56 valence electrons. The van der Waals surface area contributed by atoms with Crippen LogP contribution in [0.3, 0.4) is 0 Å². The molecule has 1 aliphatic heterocycles. The molecular formula is C7H8P4. The Morgan fingerprint density at radius 2 is 2.09 bits per heavy atom. The van der Waals surface area contributed by atoms with Gasteiger partial charge in [0.2, 0.25) is 0 Å². The van der Waals surface area contributed by atoms with Crippen molar-refractivity contribution in [1.29, 1.82) is 0 Å². The Labute approximate surface area is 73.0 Å². The molecule has 0 radical (unpaired) electrons. The molecule has 0 amide bonds. The zero-order chi connectivity index (χ0) is 7.52. The van der Waals surface area contributed by atoms with Crippen molar-refractivity contribution in [2.45, 2.75) is 5.66 Å². The van der Waals surface area contributed by atoms with Gasteiger partial charge in [0.25, 0.3) is 0 Å². The molecule has 2 rings (SSSR count). The third-order valence-corrected chi connectivity index (χ3v) is 13.4. The summed E-state index contributed by atoms with van der Waals surface area (Å²) in [4.78, 5) is 0. The van der Waals surface area contributed by atoms with Crippen molar-refractivity contribution in [3.8, 4) is 0 Å². The molecule has 2 unspecified atom stereocenters. The number of hydrogen-bond acceptors (Lipinski definition) is 0. The fraction of sp³-hybridized carbons (Fsp3) is 0.143. The molecule has 0 nitrogen and oxygen atoms in total. The summed E-state index contributed by atoms with van der Waals surface area (Å²) in [5, 5.41) is 0. The van der Waals surface area contributed by atoms with Gasteiger partial charge in [-0.3, -0.25) is 0 Å². The van der Waals surface area contributed by atoms with Crippen LogP contribution in [0.5, 0.6) is 0 Å². The van der Waals surface area contributed by atoms with E-state index in [9.17, 15) is 0 Å². The summed E-state index contributed by atoms with van der Waals surface area (Å²) in [6, 6.07) is 0. The maximum Gasteiger partial charge on any atom is 0.0234 e. The molecular weight excluding hydrogens is 208 g/mol. The zero-order valence-electron chi connectivity index (χ0n) is 5.88. The van der Waals surface area contributed by atoms with Crippen molar-refractivity contribution in [2.75, 3.05) is 0 Å². The van der Waals surface area contributed by atoms with E-state index in [0.717, 1.165) is 13.6 Å². The molecule has 2 atom stereocenters. The van der Waals surface area contributed by atoms with Crippen LogP contribution in [0.1, 0.15) is 0 Å². The highest BCUT2D eigenvalue weighted by molar-refractivity contribution is 8.54. The molecule has 0 spiro atoms. The first-order valence-electron chi connectivity index (χ1n) is 3.42. The lowest BCUT2D eigenvalue weighted by Crippen LogP contribution is -1.87. The van der Waals surface area contributed by atoms with Gasteiger partial charge in [-0.1, -0.05) is 24.3 Å². The number of allylic oxidation sites excluding steroid dienone is 4. The first kappa shape index (κ1) is 8.29. The second-order valence-corrected chi connectivity index (χ2v) is 12.0. The maximum absolute atomic E-state index is 2.44. The summed E-state index contributed by atoms with van der Waals surface area (Å²) < 4.78 is 0. The van der Waals surface area contributed by atoms with Crippen molar-refractivity contribution in [1.82, 2.24) is 0 Å². The molecule has 1 aliphatic carbocycles. The van der Waals surface area contributed by atoms with Crippen LogP contribution in [0.2, 0.25) is 0 Å². The molecule has 0 fully saturated rings. The molecule has 0 aromatic heterocycles. The second-order valence-electron chi connectivity index (χ2n) is 2.28. The predicted octanol–water partition coefficient (Wildman–Crippen LogP) is 4.76. The Kier molecular flexibility index (Phi) is 3.07. The highest BCUT2D eigenvalue weighted by Gasteiger charge is 2.15. The SMILES string of the molecule is C1=CC(P2C=CP=PP2)C=C1. The topological polar surface area (TPSA) is 0 Å². The largest absolute Gasteiger partial charge is 0.0727 e. The molecule has 0 saturated carbocycles. The first-order chi connectivity index (χ1) is 5.47. The van der Waals surface area contributed by atoms with Gasteiger partial charge in [-0.15, -0.1) is 0 Å². The Balaban J connectivity index is 2.05. The minimum atomic E-state index is 0.181. The number of rotatable bonds is 1. The summed E-state index contributed by atoms with van der Waals surface area (Å²) in [5.41, 5.74) is 0.766. The zero-order valence-corrected chi connectivity index (χ0v) is 9.57. The fourth-order valence-corrected chi connectivity index (χ4v) is 13.9. The minimum absolute atomic E-state index is 0.181. The van der Waals surface area contributed by atoms with E-state index >= 15 is 0 Å². The van der Waals surface area contributed by atoms with Gasteiger partial charge >= 0.3 is 0 Å². The normalized spacial score (nSPS) is 33.6. The summed E-state index contributed by atoms with van der Waals surface area (Å²) in [6.07, 6.45) is 9.02. The average Bonchev–Trinajstić information content (AvgIpc) is 2.58. The smallest absolute Gasteiger partial charge is 0.0234 e. The highest BCUT2D eigenvalue weighted by atomic mass is 32.5. The van der Waals surface area contributed by atoms with E-state index in [1.165, 1.54) is 7.87 Å². The molecule has 0 bridgehead atoms. The van der Waals surface area contributed by atoms with Crippen LogP contribution in [-0.2, 0) is 0 Å². The Bertz CT molecular complexity index is 239. The Hall–Kier alpha value is 0.680. The fourth-order valence-electron chi connectivity index (χ4n) is 1.02. The summed E-state index contributed by atoms with van der Waals surface area (Å²) in [5.74, 6) is 4.76. The quantitative estimate of drug-likeness (QED) is 0.554. The van der Waals surface area contributed by atoms with Gasteiger partial charge in [0.15, 0.2) is 0 Å². The van der Waals surface area contributed by atoms with Crippen molar-refractivity contribution < 1.29 is 0 Å². The van der Waals surface area contributed by atoms with Gasteiger partial charge in [0.1, 0.15) is 0 Å². The van der Waals surface area contributed by atoms with Crippen LogP contribution < -0.4 is 0 Å². The van der Waals surface area contributed by atoms with E-state index in [1.807, 2.05) is 0 Å². The van der Waals surface area contributed by atoms with Gasteiger partial charge in [0.05, 0.1) is 0 Å². The Morgan fingerprint density at radius 1 is 1.27 bits per heavy atom. The molecule has 0 aromatic carbocycles. The van der Waals surface area contributed by atoms with Gasteiger partial charge in [-0.25, -0.2) is 0 Å². The van der Waals surface area contributed by atoms with E-state index in [1.54, 1.807) is 7.56 Å². The predicted molar refractivity (Wildman–Crippen MR) is 60.3 cm³/mol. The standard InChI is InChI=1S/C7H8P4/c1-2-4-7(3-1)11-6-5-8-9-10-11/h1-7,10H. The van der Waals surface area contributed by atoms with E-state index in [0.29, 0.717) is 0 Å². The molecule has 0 saturated heterocycles. The third-order valence-electron chi connectivity index (χ3n) is 1.56. The van der Waals surface area contributed by atoms with Crippen LogP contribution in [0.4, 0.5) is 0 Å². The second kappa shape index (κ2) is 4.07. The first-order valence-corrected chi connectivity index (χ1v) is 10.1. The molecule has 0 N–H and O–H groups in total. The third kappa shape index (κ3) is 2.08. The molecule has 0 aromatic rings. The van der Waals surface area contributed by atoms with E-state index in [2.05, 4.69) is 35.9 Å². The Morgan fingerprint density at radius 3 is 2.73 bits per heavy atom. The van der Waals surface area contributed by atoms with Crippen molar-refractivity contribution in [3.05, 3.63) is 35.9 Å². The van der Waals surface area contributed by atoms with Gasteiger partial charge in [0, 0.05) is 5.66 Å². The van der Waals surface area contributed by atoms with Gasteiger partial charge in [-0.05, 0) is 42.6 Å². The number of hydrogen-bond donors (Lipinski definition) is 0. The van der Waals surface area contributed by atoms with E-state index < -0.39 is 0 Å². The summed E-state index contributed by atoms with van der Waals surface area (Å²) in [7, 11) is 4.47. The van der Waals surface area contributed by atoms with Crippen LogP contribution in [0.25, 0.3) is 0 Å². The van der Waals surface area contributed by atoms with Crippen molar-refractivity contribution in [2.24, 2.45) is 0 Å². The lowest BCUT2D eigenvalue weighted by molar-refractivity contribution is 1.46. The molecule has 11 heavy (non-hydrogen) atoms. The van der Waals surface area contributed by atoms with Crippen LogP contribution >= 0.6 is 31.0 Å². The lowest BCUT2D eigenvalue weighted by atomic mass is 10.5. The monoisotopic (exact) mass is 216 g/mol. The van der Waals surface area contributed by atoms with Crippen LogP contribution in [0.15, 0.2) is 35.9 Å². The van der Waals surface area contributed by atoms with Crippen molar-refractivity contribution >= 4 is 31.0 Å². The van der Waals surface area contributed by atoms with E-state index in [-0.39, 0.29) is 7.61 Å². The van der Waals surface area contributed by atoms with E-state index in [4.69, 9.17) is 0 Å². The van der Waals surface area contributed by atoms with Gasteiger partial charge < -0.3 is 0 Å². The van der Waals surface area contributed by atoms with Crippen molar-refractivity contribution in [3.63, 3.8) is 0 Å². The van der Waals surface area contributed by atoms with Gasteiger partial charge in [-0.2, -0.15) is 0 Å². The van der Waals surface area contributed by atoms with Crippen LogP contribution in [-0.4, -0.2) is 5.66 Å². The summed E-state index contributed by atoms with van der Waals surface area (Å²) in [6.45, 7) is 0.